The molecule has 1 aliphatic rings. The van der Waals surface area contributed by atoms with E-state index in [2.05, 4.69) is 20.6 Å². The number of hydrogen-bond acceptors (Lipinski definition) is 6. The summed E-state index contributed by atoms with van der Waals surface area (Å²) in [7, 11) is 1.98. The van der Waals surface area contributed by atoms with Gasteiger partial charge in [0.1, 0.15) is 11.4 Å². The van der Waals surface area contributed by atoms with E-state index in [1.807, 2.05) is 42.1 Å². The van der Waals surface area contributed by atoms with Crippen LogP contribution >= 0.6 is 0 Å². The van der Waals surface area contributed by atoms with E-state index < -0.39 is 5.91 Å². The largest absolute Gasteiger partial charge is 0.365 e. The van der Waals surface area contributed by atoms with Gasteiger partial charge in [0.15, 0.2) is 0 Å². The lowest BCUT2D eigenvalue weighted by atomic mass is 10.2. The zero-order valence-electron chi connectivity index (χ0n) is 15.1. The first-order valence-corrected chi connectivity index (χ1v) is 9.00. The predicted octanol–water partition coefficient (Wildman–Crippen LogP) is 1.96. The number of aromatic nitrogens is 3. The zero-order chi connectivity index (χ0) is 19.0. The van der Waals surface area contributed by atoms with Gasteiger partial charge in [-0.15, -0.1) is 0 Å². The van der Waals surface area contributed by atoms with Crippen LogP contribution in [0.4, 0.5) is 17.5 Å². The molecule has 1 saturated carbocycles. The molecule has 6 N–H and O–H groups in total. The van der Waals surface area contributed by atoms with Crippen molar-refractivity contribution >= 4 is 34.3 Å². The maximum Gasteiger partial charge on any atom is 0.254 e. The highest BCUT2D eigenvalue weighted by Gasteiger charge is 2.28. The second-order valence-corrected chi connectivity index (χ2v) is 6.99. The summed E-state index contributed by atoms with van der Waals surface area (Å²) in [6, 6.07) is 8.01. The van der Waals surface area contributed by atoms with Crippen LogP contribution < -0.4 is 22.1 Å². The Morgan fingerprint density at radius 1 is 1.37 bits per heavy atom. The molecule has 0 aliphatic heterocycles. The highest BCUT2D eigenvalue weighted by Crippen LogP contribution is 2.31. The van der Waals surface area contributed by atoms with Crippen molar-refractivity contribution in [3.63, 3.8) is 0 Å². The van der Waals surface area contributed by atoms with Gasteiger partial charge in [-0.25, -0.2) is 4.98 Å². The van der Waals surface area contributed by atoms with Crippen molar-refractivity contribution in [2.45, 2.75) is 18.9 Å². The average molecular weight is 365 g/mol. The van der Waals surface area contributed by atoms with E-state index in [1.54, 1.807) is 0 Å². The van der Waals surface area contributed by atoms with E-state index in [1.165, 1.54) is 19.0 Å². The lowest BCUT2D eigenvalue weighted by Gasteiger charge is -2.14. The molecule has 8 heteroatoms. The first-order chi connectivity index (χ1) is 13.0. The minimum atomic E-state index is -0.584. The van der Waals surface area contributed by atoms with E-state index in [4.69, 9.17) is 11.5 Å². The maximum atomic E-state index is 11.8. The Hall–Kier alpha value is -3.13. The van der Waals surface area contributed by atoms with Gasteiger partial charge in [-0.2, -0.15) is 4.98 Å². The SMILES string of the molecule is Cn1ccc2c(Nc3nc(NCC(N)C4CC4)ncc3C(N)=O)cccc21. The van der Waals surface area contributed by atoms with Crippen molar-refractivity contribution in [2.75, 3.05) is 17.2 Å². The normalized spacial score (nSPS) is 14.9. The van der Waals surface area contributed by atoms with E-state index in [-0.39, 0.29) is 11.6 Å². The van der Waals surface area contributed by atoms with Crippen LogP contribution in [0.25, 0.3) is 10.9 Å². The van der Waals surface area contributed by atoms with Crippen LogP contribution in [0.15, 0.2) is 36.7 Å². The third kappa shape index (κ3) is 3.56. The molecule has 1 aromatic carbocycles. The minimum absolute atomic E-state index is 0.0823. The number of amides is 1. The number of rotatable bonds is 7. The van der Waals surface area contributed by atoms with Crippen LogP contribution in [0, 0.1) is 5.92 Å². The Bertz CT molecular complexity index is 993. The molecule has 1 aliphatic carbocycles. The molecular formula is C19H23N7O. The summed E-state index contributed by atoms with van der Waals surface area (Å²) >= 11 is 0. The molecular weight excluding hydrogens is 342 g/mol. The Kier molecular flexibility index (Phi) is 4.41. The summed E-state index contributed by atoms with van der Waals surface area (Å²) in [5, 5.41) is 7.42. The number of benzene rings is 1. The maximum absolute atomic E-state index is 11.8. The molecule has 3 aromatic rings. The molecule has 140 valence electrons. The predicted molar refractivity (Wildman–Crippen MR) is 106 cm³/mol. The van der Waals surface area contributed by atoms with Crippen LogP contribution in [0.1, 0.15) is 23.2 Å². The lowest BCUT2D eigenvalue weighted by molar-refractivity contribution is 0.100. The average Bonchev–Trinajstić information content (AvgIpc) is 3.44. The molecule has 0 bridgehead atoms. The number of nitrogens with one attached hydrogen (secondary N) is 2. The Labute approximate surface area is 157 Å². The van der Waals surface area contributed by atoms with Gasteiger partial charge in [0.05, 0.1) is 0 Å². The fraction of sp³-hybridized carbons (Fsp3) is 0.316. The molecule has 1 atom stereocenters. The molecule has 1 amide bonds. The minimum Gasteiger partial charge on any atom is -0.365 e. The van der Waals surface area contributed by atoms with Crippen LogP contribution in [0.2, 0.25) is 0 Å². The number of nitrogens with two attached hydrogens (primary N) is 2. The molecule has 2 heterocycles. The van der Waals surface area contributed by atoms with Crippen molar-refractivity contribution in [2.24, 2.45) is 24.4 Å². The van der Waals surface area contributed by atoms with Gasteiger partial charge >= 0.3 is 0 Å². The number of carbonyl (C=O) groups excluding carboxylic acids is 1. The smallest absolute Gasteiger partial charge is 0.254 e. The summed E-state index contributed by atoms with van der Waals surface area (Å²) in [5.41, 5.74) is 13.8. The summed E-state index contributed by atoms with van der Waals surface area (Å²) in [6.07, 6.45) is 5.78. The van der Waals surface area contributed by atoms with E-state index in [9.17, 15) is 4.79 Å². The van der Waals surface area contributed by atoms with E-state index in [0.29, 0.717) is 24.2 Å². The monoisotopic (exact) mass is 365 g/mol. The van der Waals surface area contributed by atoms with Crippen LogP contribution in [0.5, 0.6) is 0 Å². The van der Waals surface area contributed by atoms with Crippen molar-refractivity contribution in [1.29, 1.82) is 0 Å². The Morgan fingerprint density at radius 3 is 2.93 bits per heavy atom. The third-order valence-corrected chi connectivity index (χ3v) is 4.96. The summed E-state index contributed by atoms with van der Waals surface area (Å²) in [6.45, 7) is 0.592. The van der Waals surface area contributed by atoms with Crippen molar-refractivity contribution in [1.82, 2.24) is 14.5 Å². The van der Waals surface area contributed by atoms with Crippen LogP contribution in [0.3, 0.4) is 0 Å². The Morgan fingerprint density at radius 2 is 2.19 bits per heavy atom. The molecule has 0 spiro atoms. The van der Waals surface area contributed by atoms with Crippen molar-refractivity contribution in [3.8, 4) is 0 Å². The summed E-state index contributed by atoms with van der Waals surface area (Å²) < 4.78 is 2.03. The number of aryl methyl sites for hydroxylation is 1. The van der Waals surface area contributed by atoms with Gasteiger partial charge in [-0.1, -0.05) is 6.07 Å². The number of primary amides is 1. The number of fused-ring (bicyclic) bond motifs is 1. The van der Waals surface area contributed by atoms with E-state index in [0.717, 1.165) is 16.6 Å². The van der Waals surface area contributed by atoms with Gasteiger partial charge in [-0.05, 0) is 37.0 Å². The standard InChI is InChI=1S/C19H23N7O/c1-26-8-7-12-15(3-2-4-16(12)26)24-18-13(17(21)27)9-22-19(25-18)23-10-14(20)11-5-6-11/h2-4,7-9,11,14H,5-6,10,20H2,1H3,(H2,21,27)(H2,22,23,24,25). The number of carbonyl (C=O) groups is 1. The number of hydrogen-bond donors (Lipinski definition) is 4. The van der Waals surface area contributed by atoms with Crippen molar-refractivity contribution in [3.05, 3.63) is 42.2 Å². The van der Waals surface area contributed by atoms with Gasteiger partial charge in [0.25, 0.3) is 5.91 Å². The molecule has 27 heavy (non-hydrogen) atoms. The molecule has 0 saturated heterocycles. The fourth-order valence-electron chi connectivity index (χ4n) is 3.18. The topological polar surface area (TPSA) is 124 Å². The second kappa shape index (κ2) is 6.88. The molecule has 4 rings (SSSR count). The number of nitrogens with zero attached hydrogens (tertiary/aromatic N) is 3. The quantitative estimate of drug-likeness (QED) is 0.507. The molecule has 1 fully saturated rings. The summed E-state index contributed by atoms with van der Waals surface area (Å²) in [5.74, 6) is 0.782. The first kappa shape index (κ1) is 17.3. The molecule has 2 aromatic heterocycles. The van der Waals surface area contributed by atoms with Gasteiger partial charge in [0, 0.05) is 48.6 Å². The van der Waals surface area contributed by atoms with Crippen LogP contribution in [-0.2, 0) is 7.05 Å². The highest BCUT2D eigenvalue weighted by molar-refractivity contribution is 6.00. The number of anilines is 3. The van der Waals surface area contributed by atoms with Gasteiger partial charge < -0.3 is 26.7 Å². The summed E-state index contributed by atoms with van der Waals surface area (Å²) in [4.78, 5) is 20.5. The Balaban J connectivity index is 1.62. The molecule has 1 unspecified atom stereocenters. The fourth-order valence-corrected chi connectivity index (χ4v) is 3.18. The molecule has 8 nitrogen and oxygen atoms in total. The first-order valence-electron chi connectivity index (χ1n) is 9.00. The second-order valence-electron chi connectivity index (χ2n) is 6.99. The molecule has 0 radical (unpaired) electrons. The third-order valence-electron chi connectivity index (χ3n) is 4.96. The van der Waals surface area contributed by atoms with Crippen LogP contribution in [-0.4, -0.2) is 33.0 Å². The van der Waals surface area contributed by atoms with E-state index >= 15 is 0 Å². The highest BCUT2D eigenvalue weighted by atomic mass is 16.1. The van der Waals surface area contributed by atoms with Crippen molar-refractivity contribution < 1.29 is 4.79 Å². The van der Waals surface area contributed by atoms with Gasteiger partial charge in [-0.3, -0.25) is 4.79 Å². The lowest BCUT2D eigenvalue weighted by Crippen LogP contribution is -2.31. The van der Waals surface area contributed by atoms with Gasteiger partial charge in [0.2, 0.25) is 5.95 Å². The zero-order valence-corrected chi connectivity index (χ0v) is 15.1.